The molecule has 0 saturated carbocycles. The fourth-order valence-corrected chi connectivity index (χ4v) is 2.67. The van der Waals surface area contributed by atoms with Gasteiger partial charge in [0.25, 0.3) is 5.91 Å². The first-order chi connectivity index (χ1) is 10.1. The van der Waals surface area contributed by atoms with E-state index in [0.29, 0.717) is 22.2 Å². The van der Waals surface area contributed by atoms with Gasteiger partial charge in [-0.15, -0.1) is 0 Å². The van der Waals surface area contributed by atoms with Crippen LogP contribution in [-0.4, -0.2) is 12.5 Å². The highest BCUT2D eigenvalue weighted by Crippen LogP contribution is 2.28. The van der Waals surface area contributed by atoms with Crippen LogP contribution in [0.25, 0.3) is 0 Å². The summed E-state index contributed by atoms with van der Waals surface area (Å²) in [4.78, 5) is 14.6. The van der Waals surface area contributed by atoms with Crippen LogP contribution in [0, 0.1) is 0 Å². The predicted octanol–water partition coefficient (Wildman–Crippen LogP) is 5.44. The molecule has 0 unspecified atom stereocenters. The summed E-state index contributed by atoms with van der Waals surface area (Å²) in [5, 5.41) is 0.759. The van der Waals surface area contributed by atoms with E-state index >= 15 is 0 Å². The fourth-order valence-electron chi connectivity index (χ4n) is 2.11. The van der Waals surface area contributed by atoms with Crippen molar-refractivity contribution in [2.45, 2.75) is 19.8 Å². The molecular formula is C17H17Cl2NO. The molecule has 2 rings (SSSR count). The predicted molar refractivity (Wildman–Crippen MR) is 89.5 cm³/mol. The molecule has 0 N–H and O–H groups in total. The molecule has 0 atom stereocenters. The summed E-state index contributed by atoms with van der Waals surface area (Å²) in [6, 6.07) is 14.7. The van der Waals surface area contributed by atoms with E-state index < -0.39 is 0 Å². The first-order valence-corrected chi connectivity index (χ1v) is 7.71. The van der Waals surface area contributed by atoms with Gasteiger partial charge in [0.1, 0.15) is 0 Å². The van der Waals surface area contributed by atoms with Crippen LogP contribution >= 0.6 is 23.2 Å². The van der Waals surface area contributed by atoms with Crippen molar-refractivity contribution in [1.82, 2.24) is 0 Å². The second-order valence-corrected chi connectivity index (χ2v) is 5.56. The monoisotopic (exact) mass is 321 g/mol. The second kappa shape index (κ2) is 7.48. The van der Waals surface area contributed by atoms with E-state index in [9.17, 15) is 4.79 Å². The molecule has 0 aromatic heterocycles. The molecule has 0 saturated heterocycles. The first kappa shape index (κ1) is 15.9. The summed E-state index contributed by atoms with van der Waals surface area (Å²) in [5.41, 5.74) is 1.22. The molecule has 0 aliphatic heterocycles. The van der Waals surface area contributed by atoms with Crippen LogP contribution in [0.5, 0.6) is 0 Å². The Morgan fingerprint density at radius 2 is 1.62 bits per heavy atom. The lowest BCUT2D eigenvalue weighted by atomic mass is 10.1. The van der Waals surface area contributed by atoms with E-state index in [2.05, 4.69) is 6.92 Å². The largest absolute Gasteiger partial charge is 0.308 e. The van der Waals surface area contributed by atoms with Crippen molar-refractivity contribution < 1.29 is 4.79 Å². The number of carbonyl (C=O) groups excluding carboxylic acids is 1. The summed E-state index contributed by atoms with van der Waals surface area (Å²) in [6.45, 7) is 2.73. The fraction of sp³-hybridized carbons (Fsp3) is 0.235. The number of halogens is 2. The number of rotatable bonds is 5. The average molecular weight is 322 g/mol. The van der Waals surface area contributed by atoms with Gasteiger partial charge in [-0.3, -0.25) is 4.79 Å². The average Bonchev–Trinajstić information content (AvgIpc) is 2.48. The molecule has 21 heavy (non-hydrogen) atoms. The summed E-state index contributed by atoms with van der Waals surface area (Å²) >= 11 is 12.3. The van der Waals surface area contributed by atoms with E-state index in [0.717, 1.165) is 18.5 Å². The van der Waals surface area contributed by atoms with Crippen LogP contribution in [-0.2, 0) is 0 Å². The highest BCUT2D eigenvalue weighted by Gasteiger charge is 2.22. The van der Waals surface area contributed by atoms with Crippen LogP contribution in [0.1, 0.15) is 30.1 Å². The van der Waals surface area contributed by atoms with Crippen molar-refractivity contribution in [2.24, 2.45) is 0 Å². The zero-order valence-electron chi connectivity index (χ0n) is 11.9. The van der Waals surface area contributed by atoms with Crippen molar-refractivity contribution in [3.05, 3.63) is 64.1 Å². The molecule has 110 valence electrons. The summed E-state index contributed by atoms with van der Waals surface area (Å²) in [7, 11) is 0. The Kier molecular flexibility index (Phi) is 5.66. The van der Waals surface area contributed by atoms with Crippen LogP contribution < -0.4 is 4.90 Å². The van der Waals surface area contributed by atoms with E-state index in [4.69, 9.17) is 23.2 Å². The Labute approximate surface area is 135 Å². The minimum absolute atomic E-state index is 0.162. The molecule has 0 aliphatic rings. The third-order valence-corrected chi connectivity index (χ3v) is 3.85. The number of amides is 1. The van der Waals surface area contributed by atoms with Crippen LogP contribution in [0.2, 0.25) is 10.0 Å². The Hall–Kier alpha value is -1.51. The smallest absolute Gasteiger partial charge is 0.261 e. The molecule has 0 aliphatic carbocycles. The van der Waals surface area contributed by atoms with Gasteiger partial charge >= 0.3 is 0 Å². The van der Waals surface area contributed by atoms with Gasteiger partial charge in [0.2, 0.25) is 0 Å². The Morgan fingerprint density at radius 3 is 2.19 bits per heavy atom. The second-order valence-electron chi connectivity index (χ2n) is 4.74. The maximum Gasteiger partial charge on any atom is 0.261 e. The molecule has 2 aromatic rings. The zero-order chi connectivity index (χ0) is 15.2. The Morgan fingerprint density at radius 1 is 1.00 bits per heavy atom. The standard InChI is InChI=1S/C17H17Cl2NO/c1-2-3-12-20(13-8-5-4-6-9-13)17(21)16-14(18)10-7-11-15(16)19/h4-11H,2-3,12H2,1H3. The first-order valence-electron chi connectivity index (χ1n) is 6.96. The quantitative estimate of drug-likeness (QED) is 0.718. The number of carbonyl (C=O) groups is 1. The molecule has 2 aromatic carbocycles. The van der Waals surface area contributed by atoms with Crippen LogP contribution in [0.15, 0.2) is 48.5 Å². The van der Waals surface area contributed by atoms with Crippen molar-refractivity contribution in [3.63, 3.8) is 0 Å². The highest BCUT2D eigenvalue weighted by molar-refractivity contribution is 6.40. The number of anilines is 1. The number of hydrogen-bond donors (Lipinski definition) is 0. The van der Waals surface area contributed by atoms with Gasteiger partial charge in [0, 0.05) is 12.2 Å². The van der Waals surface area contributed by atoms with Gasteiger partial charge in [0.15, 0.2) is 0 Å². The number of nitrogens with zero attached hydrogens (tertiary/aromatic N) is 1. The van der Waals surface area contributed by atoms with Gasteiger partial charge < -0.3 is 4.90 Å². The number of unbranched alkanes of at least 4 members (excludes halogenated alkanes) is 1. The minimum Gasteiger partial charge on any atom is -0.308 e. The van der Waals surface area contributed by atoms with Gasteiger partial charge in [-0.1, -0.05) is 60.8 Å². The lowest BCUT2D eigenvalue weighted by Gasteiger charge is -2.23. The maximum absolute atomic E-state index is 12.8. The minimum atomic E-state index is -0.162. The number of benzene rings is 2. The summed E-state index contributed by atoms with van der Waals surface area (Å²) in [6.07, 6.45) is 1.93. The van der Waals surface area contributed by atoms with E-state index in [-0.39, 0.29) is 5.91 Å². The molecular weight excluding hydrogens is 305 g/mol. The SMILES string of the molecule is CCCCN(C(=O)c1c(Cl)cccc1Cl)c1ccccc1. The van der Waals surface area contributed by atoms with Gasteiger partial charge in [-0.25, -0.2) is 0 Å². The third kappa shape index (κ3) is 3.78. The molecule has 1 amide bonds. The van der Waals surface area contributed by atoms with Crippen molar-refractivity contribution in [1.29, 1.82) is 0 Å². The maximum atomic E-state index is 12.8. The zero-order valence-corrected chi connectivity index (χ0v) is 13.4. The number of hydrogen-bond acceptors (Lipinski definition) is 1. The normalized spacial score (nSPS) is 10.4. The van der Waals surface area contributed by atoms with Crippen molar-refractivity contribution in [3.8, 4) is 0 Å². The summed E-state index contributed by atoms with van der Waals surface area (Å²) in [5.74, 6) is -0.162. The topological polar surface area (TPSA) is 20.3 Å². The van der Waals surface area contributed by atoms with Gasteiger partial charge in [0.05, 0.1) is 15.6 Å². The lowest BCUT2D eigenvalue weighted by molar-refractivity contribution is 0.0987. The molecule has 0 bridgehead atoms. The highest BCUT2D eigenvalue weighted by atomic mass is 35.5. The van der Waals surface area contributed by atoms with Crippen LogP contribution in [0.4, 0.5) is 5.69 Å². The van der Waals surface area contributed by atoms with E-state index in [1.54, 1.807) is 23.1 Å². The third-order valence-electron chi connectivity index (χ3n) is 3.22. The Balaban J connectivity index is 2.39. The van der Waals surface area contributed by atoms with Gasteiger partial charge in [-0.2, -0.15) is 0 Å². The van der Waals surface area contributed by atoms with E-state index in [1.165, 1.54) is 0 Å². The molecule has 0 fully saturated rings. The number of para-hydroxylation sites is 1. The van der Waals surface area contributed by atoms with E-state index in [1.807, 2.05) is 30.3 Å². The molecule has 4 heteroatoms. The van der Waals surface area contributed by atoms with Crippen LogP contribution in [0.3, 0.4) is 0 Å². The Bertz CT molecular complexity index is 593. The van der Waals surface area contributed by atoms with Gasteiger partial charge in [-0.05, 0) is 30.7 Å². The summed E-state index contributed by atoms with van der Waals surface area (Å²) < 4.78 is 0. The molecule has 0 spiro atoms. The molecule has 0 heterocycles. The van der Waals surface area contributed by atoms with Crippen molar-refractivity contribution in [2.75, 3.05) is 11.4 Å². The molecule has 0 radical (unpaired) electrons. The molecule has 2 nitrogen and oxygen atoms in total. The lowest BCUT2D eigenvalue weighted by Crippen LogP contribution is -2.32. The van der Waals surface area contributed by atoms with Crippen molar-refractivity contribution >= 4 is 34.8 Å².